The van der Waals surface area contributed by atoms with Crippen molar-refractivity contribution in [3.8, 4) is 0 Å². The lowest BCUT2D eigenvalue weighted by Gasteiger charge is -2.22. The Kier molecular flexibility index (Phi) is 6.01. The topological polar surface area (TPSA) is 12.0 Å². The Labute approximate surface area is 111 Å². The maximum absolute atomic E-state index is 5.84. The largest absolute Gasteiger partial charge is 0.310 e. The lowest BCUT2D eigenvalue weighted by Crippen LogP contribution is -2.34. The van der Waals surface area contributed by atoms with Crippen LogP contribution in [0.25, 0.3) is 0 Å². The van der Waals surface area contributed by atoms with E-state index in [1.54, 1.807) is 0 Å². The lowest BCUT2D eigenvalue weighted by molar-refractivity contribution is 0.388. The van der Waals surface area contributed by atoms with Crippen LogP contribution in [-0.2, 0) is 6.54 Å². The number of hydrogen-bond acceptors (Lipinski definition) is 1. The molecule has 0 bridgehead atoms. The van der Waals surface area contributed by atoms with E-state index in [0.29, 0.717) is 12.0 Å². The Hall–Kier alpha value is -0.530. The van der Waals surface area contributed by atoms with Gasteiger partial charge in [0.25, 0.3) is 0 Å². The van der Waals surface area contributed by atoms with Crippen LogP contribution >= 0.6 is 11.6 Å². The first kappa shape index (κ1) is 14.5. The second kappa shape index (κ2) is 7.03. The summed E-state index contributed by atoms with van der Waals surface area (Å²) < 4.78 is 0. The third-order valence-electron chi connectivity index (χ3n) is 3.28. The highest BCUT2D eigenvalue weighted by molar-refractivity contribution is 6.17. The molecule has 1 aromatic rings. The number of nitrogens with one attached hydrogen (secondary N) is 1. The van der Waals surface area contributed by atoms with E-state index in [2.05, 4.69) is 51.2 Å². The highest BCUT2D eigenvalue weighted by atomic mass is 35.5. The van der Waals surface area contributed by atoms with Crippen LogP contribution in [-0.4, -0.2) is 11.9 Å². The van der Waals surface area contributed by atoms with Crippen molar-refractivity contribution in [2.24, 2.45) is 5.92 Å². The van der Waals surface area contributed by atoms with Crippen molar-refractivity contribution in [3.05, 3.63) is 34.9 Å². The lowest BCUT2D eigenvalue weighted by atomic mass is 10.0. The molecular formula is C15H24ClN. The van der Waals surface area contributed by atoms with E-state index in [0.717, 1.165) is 18.8 Å². The molecule has 1 unspecified atom stereocenters. The summed E-state index contributed by atoms with van der Waals surface area (Å²) in [6.45, 7) is 9.73. The van der Waals surface area contributed by atoms with E-state index in [1.807, 2.05) is 0 Å². The number of alkyl halides is 1. The Morgan fingerprint density at radius 3 is 2.53 bits per heavy atom. The molecule has 2 heteroatoms. The van der Waals surface area contributed by atoms with Crippen LogP contribution in [0.4, 0.5) is 0 Å². The fraction of sp³-hybridized carbons (Fsp3) is 0.600. The van der Waals surface area contributed by atoms with Crippen LogP contribution in [0.15, 0.2) is 18.2 Å². The number of aryl methyl sites for hydroxylation is 2. The van der Waals surface area contributed by atoms with Gasteiger partial charge in [0.2, 0.25) is 0 Å². The molecule has 0 amide bonds. The summed E-state index contributed by atoms with van der Waals surface area (Å²) in [4.78, 5) is 0. The van der Waals surface area contributed by atoms with Gasteiger partial charge in [-0.05, 0) is 37.3 Å². The summed E-state index contributed by atoms with van der Waals surface area (Å²) in [7, 11) is 0. The van der Waals surface area contributed by atoms with Gasteiger partial charge >= 0.3 is 0 Å². The molecule has 0 heterocycles. The molecule has 1 nitrogen and oxygen atoms in total. The Balaban J connectivity index is 2.61. The van der Waals surface area contributed by atoms with Crippen LogP contribution in [0.2, 0.25) is 0 Å². The zero-order valence-corrected chi connectivity index (χ0v) is 12.1. The van der Waals surface area contributed by atoms with Crippen molar-refractivity contribution >= 4 is 11.6 Å². The molecule has 1 aromatic carbocycles. The number of benzene rings is 1. The molecule has 0 aliphatic rings. The molecule has 1 atom stereocenters. The summed E-state index contributed by atoms with van der Waals surface area (Å²) >= 11 is 5.84. The van der Waals surface area contributed by atoms with E-state index in [9.17, 15) is 0 Å². The summed E-state index contributed by atoms with van der Waals surface area (Å²) in [5.74, 6) is 1.35. The SMILES string of the molecule is Cc1ccc(C)c(CNC(CCCl)C(C)C)c1. The van der Waals surface area contributed by atoms with Crippen molar-refractivity contribution in [1.29, 1.82) is 0 Å². The summed E-state index contributed by atoms with van der Waals surface area (Å²) in [5, 5.41) is 3.62. The van der Waals surface area contributed by atoms with Crippen molar-refractivity contribution in [1.82, 2.24) is 5.32 Å². The summed E-state index contributed by atoms with van der Waals surface area (Å²) in [6.07, 6.45) is 1.03. The number of hydrogen-bond donors (Lipinski definition) is 1. The van der Waals surface area contributed by atoms with Crippen molar-refractivity contribution < 1.29 is 0 Å². The fourth-order valence-corrected chi connectivity index (χ4v) is 2.26. The predicted molar refractivity (Wildman–Crippen MR) is 76.7 cm³/mol. The minimum absolute atomic E-state index is 0.507. The molecule has 17 heavy (non-hydrogen) atoms. The van der Waals surface area contributed by atoms with E-state index >= 15 is 0 Å². The molecular weight excluding hydrogens is 230 g/mol. The molecule has 0 spiro atoms. The second-order valence-corrected chi connectivity index (χ2v) is 5.52. The monoisotopic (exact) mass is 253 g/mol. The van der Waals surface area contributed by atoms with Crippen LogP contribution in [0, 0.1) is 19.8 Å². The average Bonchev–Trinajstić information content (AvgIpc) is 2.28. The second-order valence-electron chi connectivity index (χ2n) is 5.14. The molecule has 0 saturated heterocycles. The highest BCUT2D eigenvalue weighted by Crippen LogP contribution is 2.13. The van der Waals surface area contributed by atoms with Gasteiger partial charge < -0.3 is 5.32 Å². The number of halogens is 1. The smallest absolute Gasteiger partial charge is 0.0238 e. The molecule has 0 saturated carbocycles. The van der Waals surface area contributed by atoms with Crippen LogP contribution in [0.5, 0.6) is 0 Å². The minimum atomic E-state index is 0.507. The van der Waals surface area contributed by atoms with E-state index in [1.165, 1.54) is 16.7 Å². The van der Waals surface area contributed by atoms with Gasteiger partial charge in [-0.1, -0.05) is 37.6 Å². The van der Waals surface area contributed by atoms with E-state index in [-0.39, 0.29) is 0 Å². The Bertz CT molecular complexity index is 347. The Morgan fingerprint density at radius 2 is 1.94 bits per heavy atom. The molecule has 1 rings (SSSR count). The van der Waals surface area contributed by atoms with Gasteiger partial charge in [-0.3, -0.25) is 0 Å². The van der Waals surface area contributed by atoms with Crippen LogP contribution in [0.3, 0.4) is 0 Å². The van der Waals surface area contributed by atoms with Gasteiger partial charge in [-0.2, -0.15) is 0 Å². The van der Waals surface area contributed by atoms with Crippen molar-refractivity contribution in [2.45, 2.75) is 46.7 Å². The maximum Gasteiger partial charge on any atom is 0.0238 e. The van der Waals surface area contributed by atoms with Gasteiger partial charge in [0.05, 0.1) is 0 Å². The zero-order valence-electron chi connectivity index (χ0n) is 11.4. The molecule has 0 aliphatic carbocycles. The van der Waals surface area contributed by atoms with Crippen molar-refractivity contribution in [3.63, 3.8) is 0 Å². The number of rotatable bonds is 6. The Morgan fingerprint density at radius 1 is 1.24 bits per heavy atom. The van der Waals surface area contributed by atoms with E-state index in [4.69, 9.17) is 11.6 Å². The van der Waals surface area contributed by atoms with Gasteiger partial charge in [-0.25, -0.2) is 0 Å². The summed E-state index contributed by atoms with van der Waals surface area (Å²) in [5.41, 5.74) is 4.08. The first-order valence-corrected chi connectivity index (χ1v) is 6.93. The highest BCUT2D eigenvalue weighted by Gasteiger charge is 2.12. The van der Waals surface area contributed by atoms with Crippen LogP contribution in [0.1, 0.15) is 37.0 Å². The van der Waals surface area contributed by atoms with Gasteiger partial charge in [-0.15, -0.1) is 11.6 Å². The fourth-order valence-electron chi connectivity index (χ4n) is 2.02. The molecule has 0 aromatic heterocycles. The normalized spacial score (nSPS) is 13.1. The summed E-state index contributed by atoms with van der Waals surface area (Å²) in [6, 6.07) is 7.13. The third-order valence-corrected chi connectivity index (χ3v) is 3.50. The predicted octanol–water partition coefficient (Wildman–Crippen LogP) is 4.05. The average molecular weight is 254 g/mol. The van der Waals surface area contributed by atoms with Gasteiger partial charge in [0, 0.05) is 18.5 Å². The minimum Gasteiger partial charge on any atom is -0.310 e. The third kappa shape index (κ3) is 4.69. The maximum atomic E-state index is 5.84. The quantitative estimate of drug-likeness (QED) is 0.755. The molecule has 0 aliphatic heterocycles. The molecule has 1 N–H and O–H groups in total. The van der Waals surface area contributed by atoms with Gasteiger partial charge in [0.15, 0.2) is 0 Å². The van der Waals surface area contributed by atoms with Crippen LogP contribution < -0.4 is 5.32 Å². The molecule has 0 radical (unpaired) electrons. The standard InChI is InChI=1S/C15H24ClN/c1-11(2)15(7-8-16)17-10-14-9-12(3)5-6-13(14)4/h5-6,9,11,15,17H,7-8,10H2,1-4H3. The van der Waals surface area contributed by atoms with Gasteiger partial charge in [0.1, 0.15) is 0 Å². The zero-order chi connectivity index (χ0) is 12.8. The first-order chi connectivity index (χ1) is 8.04. The van der Waals surface area contributed by atoms with E-state index < -0.39 is 0 Å². The first-order valence-electron chi connectivity index (χ1n) is 6.40. The molecule has 0 fully saturated rings. The van der Waals surface area contributed by atoms with Crippen molar-refractivity contribution in [2.75, 3.05) is 5.88 Å². The molecule has 96 valence electrons.